The Balaban J connectivity index is 2.18. The number of anilines is 1. The van der Waals surface area contributed by atoms with Crippen molar-refractivity contribution in [3.8, 4) is 0 Å². The quantitative estimate of drug-likeness (QED) is 0.645. The van der Waals surface area contributed by atoms with E-state index in [2.05, 4.69) is 22.4 Å². The lowest BCUT2D eigenvalue weighted by molar-refractivity contribution is -0.384. The highest BCUT2D eigenvalue weighted by atomic mass is 35.5. The number of halogens is 1. The van der Waals surface area contributed by atoms with Crippen LogP contribution in [0.3, 0.4) is 0 Å². The van der Waals surface area contributed by atoms with Gasteiger partial charge in [0.1, 0.15) is 5.01 Å². The number of hydrogen-bond acceptors (Lipinski definition) is 6. The zero-order valence-electron chi connectivity index (χ0n) is 12.8. The molecule has 1 amide bonds. The van der Waals surface area contributed by atoms with Crippen LogP contribution in [-0.4, -0.2) is 21.0 Å². The molecule has 0 unspecified atom stereocenters. The average molecular weight is 355 g/mol. The zero-order valence-corrected chi connectivity index (χ0v) is 14.4. The minimum absolute atomic E-state index is 0.00956. The molecule has 9 heteroatoms. The monoisotopic (exact) mass is 354 g/mol. The third-order valence-electron chi connectivity index (χ3n) is 3.52. The van der Waals surface area contributed by atoms with Crippen LogP contribution in [0.5, 0.6) is 0 Å². The first-order valence-electron chi connectivity index (χ1n) is 6.84. The molecule has 2 rings (SSSR count). The second-order valence-corrected chi connectivity index (χ2v) is 6.91. The van der Waals surface area contributed by atoms with Gasteiger partial charge >= 0.3 is 0 Å². The Morgan fingerprint density at radius 3 is 2.70 bits per heavy atom. The first-order chi connectivity index (χ1) is 10.7. The number of nitrogens with one attached hydrogen (secondary N) is 1. The number of carbonyl (C=O) groups is 1. The summed E-state index contributed by atoms with van der Waals surface area (Å²) in [7, 11) is 0. The second-order valence-electron chi connectivity index (χ2n) is 5.53. The van der Waals surface area contributed by atoms with Gasteiger partial charge in [-0.1, -0.05) is 43.7 Å². The van der Waals surface area contributed by atoms with Gasteiger partial charge in [-0.05, 0) is 12.5 Å². The van der Waals surface area contributed by atoms with E-state index in [1.165, 1.54) is 23.5 Å². The lowest BCUT2D eigenvalue weighted by Crippen LogP contribution is -2.14. The fourth-order valence-corrected chi connectivity index (χ4v) is 2.84. The van der Waals surface area contributed by atoms with E-state index in [4.69, 9.17) is 11.6 Å². The van der Waals surface area contributed by atoms with Crippen LogP contribution in [-0.2, 0) is 5.41 Å². The molecule has 0 aliphatic rings. The fraction of sp³-hybridized carbons (Fsp3) is 0.357. The fourth-order valence-electron chi connectivity index (χ4n) is 1.66. The molecule has 0 radical (unpaired) electrons. The van der Waals surface area contributed by atoms with Crippen molar-refractivity contribution in [3.63, 3.8) is 0 Å². The Bertz CT molecular complexity index is 760. The number of rotatable bonds is 5. The first-order valence-corrected chi connectivity index (χ1v) is 8.03. The number of aromatic nitrogens is 2. The smallest absolute Gasteiger partial charge is 0.270 e. The molecule has 23 heavy (non-hydrogen) atoms. The summed E-state index contributed by atoms with van der Waals surface area (Å²) in [5.41, 5.74) is -0.149. The maximum atomic E-state index is 12.2. The van der Waals surface area contributed by atoms with E-state index >= 15 is 0 Å². The maximum absolute atomic E-state index is 12.2. The van der Waals surface area contributed by atoms with Crippen molar-refractivity contribution in [2.24, 2.45) is 0 Å². The molecule has 1 N–H and O–H groups in total. The van der Waals surface area contributed by atoms with E-state index in [9.17, 15) is 14.9 Å². The minimum Gasteiger partial charge on any atom is -0.296 e. The predicted molar refractivity (Wildman–Crippen MR) is 89.3 cm³/mol. The Morgan fingerprint density at radius 2 is 2.13 bits per heavy atom. The molecule has 122 valence electrons. The summed E-state index contributed by atoms with van der Waals surface area (Å²) >= 11 is 7.23. The van der Waals surface area contributed by atoms with Crippen molar-refractivity contribution in [3.05, 3.63) is 43.9 Å². The summed E-state index contributed by atoms with van der Waals surface area (Å²) in [5, 5.41) is 22.5. The number of non-ortho nitro benzene ring substituents is 1. The Morgan fingerprint density at radius 1 is 1.43 bits per heavy atom. The van der Waals surface area contributed by atoms with Gasteiger partial charge in [-0.15, -0.1) is 10.2 Å². The van der Waals surface area contributed by atoms with Gasteiger partial charge in [0.25, 0.3) is 11.6 Å². The molecule has 0 saturated carbocycles. The van der Waals surface area contributed by atoms with Crippen molar-refractivity contribution in [2.75, 3.05) is 5.32 Å². The third kappa shape index (κ3) is 3.83. The number of nitro benzene ring substituents is 1. The molecule has 0 atom stereocenters. The van der Waals surface area contributed by atoms with Gasteiger partial charge < -0.3 is 0 Å². The van der Waals surface area contributed by atoms with Crippen LogP contribution >= 0.6 is 22.9 Å². The van der Waals surface area contributed by atoms with Crippen molar-refractivity contribution < 1.29 is 9.72 Å². The van der Waals surface area contributed by atoms with Crippen LogP contribution in [0.4, 0.5) is 10.8 Å². The Labute approximate surface area is 141 Å². The van der Waals surface area contributed by atoms with E-state index in [-0.39, 0.29) is 21.7 Å². The highest BCUT2D eigenvalue weighted by molar-refractivity contribution is 7.15. The Hall–Kier alpha value is -2.06. The molecule has 0 saturated heterocycles. The van der Waals surface area contributed by atoms with Crippen LogP contribution in [0.1, 0.15) is 42.6 Å². The largest absolute Gasteiger partial charge is 0.296 e. The molecule has 1 aromatic heterocycles. The number of nitrogens with zero attached hydrogens (tertiary/aromatic N) is 3. The van der Waals surface area contributed by atoms with E-state index in [1.54, 1.807) is 0 Å². The summed E-state index contributed by atoms with van der Waals surface area (Å²) in [5.74, 6) is -0.484. The van der Waals surface area contributed by atoms with E-state index < -0.39 is 10.8 Å². The molecule has 2 aromatic rings. The van der Waals surface area contributed by atoms with Crippen LogP contribution in [0.15, 0.2) is 18.2 Å². The van der Waals surface area contributed by atoms with Gasteiger partial charge in [0, 0.05) is 17.5 Å². The highest BCUT2D eigenvalue weighted by Gasteiger charge is 2.24. The molecular weight excluding hydrogens is 340 g/mol. The zero-order chi connectivity index (χ0) is 17.2. The summed E-state index contributed by atoms with van der Waals surface area (Å²) in [6.45, 7) is 6.15. The molecule has 0 aliphatic carbocycles. The van der Waals surface area contributed by atoms with Crippen LogP contribution < -0.4 is 5.32 Å². The number of benzene rings is 1. The first kappa shape index (κ1) is 17.3. The Kier molecular flexibility index (Phi) is 4.96. The van der Waals surface area contributed by atoms with Crippen molar-refractivity contribution in [1.29, 1.82) is 0 Å². The van der Waals surface area contributed by atoms with Crippen LogP contribution in [0, 0.1) is 10.1 Å². The molecule has 7 nitrogen and oxygen atoms in total. The number of nitro groups is 1. The van der Waals surface area contributed by atoms with Gasteiger partial charge in [0.2, 0.25) is 5.13 Å². The van der Waals surface area contributed by atoms with Crippen LogP contribution in [0.25, 0.3) is 0 Å². The van der Waals surface area contributed by atoms with Crippen molar-refractivity contribution >= 4 is 39.7 Å². The lowest BCUT2D eigenvalue weighted by Gasteiger charge is -2.17. The number of carbonyl (C=O) groups excluding carboxylic acids is 1. The van der Waals surface area contributed by atoms with E-state index in [1.807, 2.05) is 13.8 Å². The van der Waals surface area contributed by atoms with E-state index in [0.29, 0.717) is 5.13 Å². The molecule has 0 bridgehead atoms. The third-order valence-corrected chi connectivity index (χ3v) is 5.03. The number of amides is 1. The lowest BCUT2D eigenvalue weighted by atomic mass is 9.91. The van der Waals surface area contributed by atoms with Crippen molar-refractivity contribution in [2.45, 2.75) is 32.6 Å². The molecule has 0 fully saturated rings. The molecule has 1 heterocycles. The topological polar surface area (TPSA) is 98.0 Å². The summed E-state index contributed by atoms with van der Waals surface area (Å²) in [6.07, 6.45) is 0.893. The molecule has 0 aliphatic heterocycles. The highest BCUT2D eigenvalue weighted by Crippen LogP contribution is 2.31. The standard InChI is InChI=1S/C14H15ClN4O3S/c1-4-14(2,3)12-17-18-13(23-12)16-11(20)9-6-5-8(19(21)22)7-10(9)15/h5-7H,4H2,1-3H3,(H,16,18,20). The van der Waals surface area contributed by atoms with Crippen LogP contribution in [0.2, 0.25) is 5.02 Å². The normalized spacial score (nSPS) is 11.3. The van der Waals surface area contributed by atoms with E-state index in [0.717, 1.165) is 17.5 Å². The van der Waals surface area contributed by atoms with Gasteiger partial charge in [0.15, 0.2) is 0 Å². The number of hydrogen-bond donors (Lipinski definition) is 1. The van der Waals surface area contributed by atoms with Gasteiger partial charge in [-0.25, -0.2) is 0 Å². The second kappa shape index (κ2) is 6.59. The SMILES string of the molecule is CCC(C)(C)c1nnc(NC(=O)c2ccc([N+](=O)[O-])cc2Cl)s1. The summed E-state index contributed by atoms with van der Waals surface area (Å²) < 4.78 is 0. The summed E-state index contributed by atoms with van der Waals surface area (Å²) in [6, 6.07) is 3.68. The van der Waals surface area contributed by atoms with Gasteiger partial charge in [-0.2, -0.15) is 0 Å². The molecule has 0 spiro atoms. The predicted octanol–water partition coefficient (Wildman–Crippen LogP) is 4.04. The average Bonchev–Trinajstić information content (AvgIpc) is 2.96. The van der Waals surface area contributed by atoms with Gasteiger partial charge in [-0.3, -0.25) is 20.2 Å². The molecular formula is C14H15ClN4O3S. The maximum Gasteiger partial charge on any atom is 0.270 e. The minimum atomic E-state index is -0.572. The molecule has 1 aromatic carbocycles. The van der Waals surface area contributed by atoms with Gasteiger partial charge in [0.05, 0.1) is 15.5 Å². The summed E-state index contributed by atoms with van der Waals surface area (Å²) in [4.78, 5) is 22.3. The van der Waals surface area contributed by atoms with Crippen molar-refractivity contribution in [1.82, 2.24) is 10.2 Å².